The van der Waals surface area contributed by atoms with Crippen LogP contribution in [0.15, 0.2) is 53.0 Å². The normalized spacial score (nSPS) is 10.4. The van der Waals surface area contributed by atoms with E-state index in [1.165, 1.54) is 0 Å². The number of hydrogen-bond donors (Lipinski definition) is 1. The second-order valence-corrected chi connectivity index (χ2v) is 4.91. The van der Waals surface area contributed by atoms with Gasteiger partial charge >= 0.3 is 0 Å². The van der Waals surface area contributed by atoms with Crippen molar-refractivity contribution in [2.45, 2.75) is 13.2 Å². The Morgan fingerprint density at radius 2 is 1.84 bits per heavy atom. The molecule has 100 valence electrons. The van der Waals surface area contributed by atoms with Crippen molar-refractivity contribution < 1.29 is 9.47 Å². The van der Waals surface area contributed by atoms with Crippen LogP contribution >= 0.6 is 15.9 Å². The standard InChI is InChI=1S/C15H16BrNO2/c16-15-7-6-14(8-13(15)9-17)19-11-18-10-12-4-2-1-3-5-12/h1-8H,9-11,17H2. The van der Waals surface area contributed by atoms with Crippen LogP contribution in [-0.2, 0) is 17.9 Å². The molecule has 2 N–H and O–H groups in total. The average Bonchev–Trinajstić information content (AvgIpc) is 2.46. The summed E-state index contributed by atoms with van der Waals surface area (Å²) in [6.07, 6.45) is 0. The van der Waals surface area contributed by atoms with E-state index in [9.17, 15) is 0 Å². The summed E-state index contributed by atoms with van der Waals surface area (Å²) in [6.45, 7) is 1.24. The summed E-state index contributed by atoms with van der Waals surface area (Å²) in [7, 11) is 0. The van der Waals surface area contributed by atoms with Gasteiger partial charge in [-0.25, -0.2) is 0 Å². The summed E-state index contributed by atoms with van der Waals surface area (Å²) in [5.41, 5.74) is 7.78. The Morgan fingerprint density at radius 3 is 2.58 bits per heavy atom. The van der Waals surface area contributed by atoms with Crippen LogP contribution in [0.1, 0.15) is 11.1 Å². The van der Waals surface area contributed by atoms with Gasteiger partial charge in [0.1, 0.15) is 5.75 Å². The molecule has 4 heteroatoms. The molecule has 19 heavy (non-hydrogen) atoms. The zero-order chi connectivity index (χ0) is 13.5. The van der Waals surface area contributed by atoms with Crippen molar-refractivity contribution in [1.29, 1.82) is 0 Å². The number of ether oxygens (including phenoxy) is 2. The van der Waals surface area contributed by atoms with E-state index in [0.717, 1.165) is 21.3 Å². The molecule has 0 heterocycles. The van der Waals surface area contributed by atoms with Crippen LogP contribution < -0.4 is 10.5 Å². The lowest BCUT2D eigenvalue weighted by Gasteiger charge is -2.09. The Labute approximate surface area is 121 Å². The Bertz CT molecular complexity index is 517. The molecule has 2 aromatic carbocycles. The van der Waals surface area contributed by atoms with Gasteiger partial charge in [-0.05, 0) is 29.3 Å². The Hall–Kier alpha value is -1.36. The van der Waals surface area contributed by atoms with E-state index in [-0.39, 0.29) is 6.79 Å². The van der Waals surface area contributed by atoms with Gasteiger partial charge < -0.3 is 15.2 Å². The molecule has 2 rings (SSSR count). The van der Waals surface area contributed by atoms with Gasteiger partial charge in [0, 0.05) is 11.0 Å². The number of nitrogens with two attached hydrogens (primary N) is 1. The monoisotopic (exact) mass is 321 g/mol. The Kier molecular flexibility index (Phi) is 5.39. The van der Waals surface area contributed by atoms with Gasteiger partial charge in [-0.2, -0.15) is 0 Å². The van der Waals surface area contributed by atoms with Crippen LogP contribution in [0.5, 0.6) is 5.75 Å². The molecule has 0 bridgehead atoms. The van der Waals surface area contributed by atoms with Gasteiger partial charge in [-0.15, -0.1) is 0 Å². The molecule has 0 atom stereocenters. The zero-order valence-corrected chi connectivity index (χ0v) is 12.1. The summed E-state index contributed by atoms with van der Waals surface area (Å²) in [5.74, 6) is 0.761. The molecule has 0 spiro atoms. The molecular formula is C15H16BrNO2. The minimum Gasteiger partial charge on any atom is -0.468 e. The van der Waals surface area contributed by atoms with E-state index >= 15 is 0 Å². The lowest BCUT2D eigenvalue weighted by atomic mass is 10.2. The fourth-order valence-corrected chi connectivity index (χ4v) is 2.05. The molecule has 0 amide bonds. The number of hydrogen-bond acceptors (Lipinski definition) is 3. The highest BCUT2D eigenvalue weighted by atomic mass is 79.9. The molecule has 0 aliphatic rings. The molecular weight excluding hydrogens is 306 g/mol. The predicted molar refractivity (Wildman–Crippen MR) is 78.8 cm³/mol. The number of halogens is 1. The fourth-order valence-electron chi connectivity index (χ4n) is 1.64. The second kappa shape index (κ2) is 7.28. The minimum absolute atomic E-state index is 0.223. The van der Waals surface area contributed by atoms with Gasteiger partial charge in [-0.1, -0.05) is 46.3 Å². The van der Waals surface area contributed by atoms with Crippen molar-refractivity contribution in [2.24, 2.45) is 5.73 Å². The summed E-state index contributed by atoms with van der Waals surface area (Å²) >= 11 is 3.44. The molecule has 0 saturated heterocycles. The first-order valence-electron chi connectivity index (χ1n) is 6.02. The fraction of sp³-hybridized carbons (Fsp3) is 0.200. The number of benzene rings is 2. The summed E-state index contributed by atoms with van der Waals surface area (Å²) in [6, 6.07) is 15.7. The van der Waals surface area contributed by atoms with Crippen molar-refractivity contribution in [3.63, 3.8) is 0 Å². The third-order valence-corrected chi connectivity index (χ3v) is 3.43. The maximum Gasteiger partial charge on any atom is 0.189 e. The molecule has 3 nitrogen and oxygen atoms in total. The largest absolute Gasteiger partial charge is 0.468 e. The van der Waals surface area contributed by atoms with Crippen LogP contribution in [0.3, 0.4) is 0 Å². The summed E-state index contributed by atoms with van der Waals surface area (Å²) in [5, 5.41) is 0. The third-order valence-electron chi connectivity index (χ3n) is 2.66. The first kappa shape index (κ1) is 14.1. The molecule has 0 aromatic heterocycles. The SMILES string of the molecule is NCc1cc(OCOCc2ccccc2)ccc1Br. The molecule has 0 aliphatic heterocycles. The van der Waals surface area contributed by atoms with Gasteiger partial charge in [0.05, 0.1) is 6.61 Å². The van der Waals surface area contributed by atoms with E-state index < -0.39 is 0 Å². The van der Waals surface area contributed by atoms with Crippen LogP contribution in [0.2, 0.25) is 0 Å². The predicted octanol–water partition coefficient (Wildman–Crippen LogP) is 3.46. The smallest absolute Gasteiger partial charge is 0.189 e. The number of rotatable bonds is 6. The maximum absolute atomic E-state index is 5.63. The van der Waals surface area contributed by atoms with Crippen molar-refractivity contribution in [1.82, 2.24) is 0 Å². The van der Waals surface area contributed by atoms with Crippen LogP contribution in [0, 0.1) is 0 Å². The molecule has 0 aliphatic carbocycles. The topological polar surface area (TPSA) is 44.5 Å². The highest BCUT2D eigenvalue weighted by Crippen LogP contribution is 2.22. The molecule has 0 radical (unpaired) electrons. The zero-order valence-electron chi connectivity index (χ0n) is 10.5. The van der Waals surface area contributed by atoms with Crippen molar-refractivity contribution in [3.05, 3.63) is 64.1 Å². The first-order valence-corrected chi connectivity index (χ1v) is 6.82. The van der Waals surface area contributed by atoms with E-state index in [1.807, 2.05) is 48.5 Å². The highest BCUT2D eigenvalue weighted by Gasteiger charge is 2.01. The highest BCUT2D eigenvalue weighted by molar-refractivity contribution is 9.10. The van der Waals surface area contributed by atoms with E-state index in [4.69, 9.17) is 15.2 Å². The van der Waals surface area contributed by atoms with E-state index in [2.05, 4.69) is 15.9 Å². The first-order chi connectivity index (χ1) is 9.29. The van der Waals surface area contributed by atoms with Crippen molar-refractivity contribution >= 4 is 15.9 Å². The minimum atomic E-state index is 0.223. The average molecular weight is 322 g/mol. The summed E-state index contributed by atoms with van der Waals surface area (Å²) < 4.78 is 12.0. The van der Waals surface area contributed by atoms with E-state index in [1.54, 1.807) is 0 Å². The Balaban J connectivity index is 1.80. The van der Waals surface area contributed by atoms with Crippen molar-refractivity contribution in [2.75, 3.05) is 6.79 Å². The quantitative estimate of drug-likeness (QED) is 0.654. The molecule has 0 fully saturated rings. The van der Waals surface area contributed by atoms with Gasteiger partial charge in [0.15, 0.2) is 6.79 Å². The third kappa shape index (κ3) is 4.35. The van der Waals surface area contributed by atoms with E-state index in [0.29, 0.717) is 13.2 Å². The van der Waals surface area contributed by atoms with Crippen LogP contribution in [0.25, 0.3) is 0 Å². The molecule has 2 aromatic rings. The van der Waals surface area contributed by atoms with Gasteiger partial charge in [0.25, 0.3) is 0 Å². The Morgan fingerprint density at radius 1 is 1.05 bits per heavy atom. The van der Waals surface area contributed by atoms with Gasteiger partial charge in [0.2, 0.25) is 0 Å². The maximum atomic E-state index is 5.63. The lowest BCUT2D eigenvalue weighted by molar-refractivity contribution is 0.00500. The summed E-state index contributed by atoms with van der Waals surface area (Å²) in [4.78, 5) is 0. The lowest BCUT2D eigenvalue weighted by Crippen LogP contribution is -2.04. The van der Waals surface area contributed by atoms with Crippen LogP contribution in [-0.4, -0.2) is 6.79 Å². The molecule has 0 unspecified atom stereocenters. The second-order valence-electron chi connectivity index (χ2n) is 4.05. The van der Waals surface area contributed by atoms with Gasteiger partial charge in [-0.3, -0.25) is 0 Å². The van der Waals surface area contributed by atoms with Crippen LogP contribution in [0.4, 0.5) is 0 Å². The van der Waals surface area contributed by atoms with Crippen molar-refractivity contribution in [3.8, 4) is 5.75 Å². The molecule has 0 saturated carbocycles.